The SMILES string of the molecule is Cc1c(Cl)c(C(F)(F)F)nn1CCCNC(=O)CC12CC3CC(C1)CC(n1cc([N+](=O)[O-])cn1)(C3)C2. The van der Waals surface area contributed by atoms with Gasteiger partial charge in [0, 0.05) is 19.5 Å². The van der Waals surface area contributed by atoms with Crippen molar-refractivity contribution in [1.82, 2.24) is 24.9 Å². The Kier molecular flexibility index (Phi) is 6.08. The third-order valence-electron chi connectivity index (χ3n) is 8.22. The molecule has 4 aliphatic rings. The molecule has 9 nitrogen and oxygen atoms in total. The molecule has 196 valence electrons. The first-order chi connectivity index (χ1) is 16.9. The summed E-state index contributed by atoms with van der Waals surface area (Å²) in [6.45, 7) is 2.01. The molecule has 4 bridgehead atoms. The van der Waals surface area contributed by atoms with Gasteiger partial charge in [0.25, 0.3) is 0 Å². The third kappa shape index (κ3) is 4.48. The van der Waals surface area contributed by atoms with Crippen LogP contribution in [-0.2, 0) is 23.1 Å². The van der Waals surface area contributed by atoms with Crippen LogP contribution in [0.5, 0.6) is 0 Å². The van der Waals surface area contributed by atoms with Gasteiger partial charge in [0.15, 0.2) is 5.69 Å². The molecule has 4 aliphatic carbocycles. The van der Waals surface area contributed by atoms with Crippen LogP contribution in [0.4, 0.5) is 18.9 Å². The molecular formula is C23H28ClF3N6O3. The number of nitrogens with zero attached hydrogens (tertiary/aromatic N) is 5. The van der Waals surface area contributed by atoms with E-state index in [2.05, 4.69) is 15.5 Å². The van der Waals surface area contributed by atoms with E-state index in [9.17, 15) is 28.1 Å². The maximum absolute atomic E-state index is 13.0. The summed E-state index contributed by atoms with van der Waals surface area (Å²) in [6, 6.07) is 0. The van der Waals surface area contributed by atoms with Gasteiger partial charge in [-0.15, -0.1) is 0 Å². The minimum absolute atomic E-state index is 0.0198. The maximum Gasteiger partial charge on any atom is 0.436 e. The van der Waals surface area contributed by atoms with E-state index in [1.54, 1.807) is 4.68 Å². The summed E-state index contributed by atoms with van der Waals surface area (Å²) in [7, 11) is 0. The smallest absolute Gasteiger partial charge is 0.356 e. The van der Waals surface area contributed by atoms with Crippen molar-refractivity contribution in [2.45, 2.75) is 76.6 Å². The quantitative estimate of drug-likeness (QED) is 0.299. The van der Waals surface area contributed by atoms with Crippen molar-refractivity contribution >= 4 is 23.2 Å². The molecule has 4 saturated carbocycles. The van der Waals surface area contributed by atoms with Gasteiger partial charge in [-0.1, -0.05) is 11.6 Å². The Morgan fingerprint density at radius 2 is 2.00 bits per heavy atom. The summed E-state index contributed by atoms with van der Waals surface area (Å²) in [5.74, 6) is 0.861. The van der Waals surface area contributed by atoms with E-state index < -0.39 is 21.8 Å². The van der Waals surface area contributed by atoms with Crippen LogP contribution in [0, 0.1) is 34.3 Å². The molecule has 2 aromatic heterocycles. The van der Waals surface area contributed by atoms with Gasteiger partial charge >= 0.3 is 11.9 Å². The number of hydrogen-bond acceptors (Lipinski definition) is 5. The van der Waals surface area contributed by atoms with Gasteiger partial charge in [-0.25, -0.2) is 0 Å². The van der Waals surface area contributed by atoms with Crippen molar-refractivity contribution in [3.05, 3.63) is 38.9 Å². The number of alkyl halides is 3. The van der Waals surface area contributed by atoms with Crippen LogP contribution >= 0.6 is 11.6 Å². The van der Waals surface area contributed by atoms with E-state index in [0.29, 0.717) is 31.2 Å². The molecule has 2 heterocycles. The van der Waals surface area contributed by atoms with Crippen LogP contribution in [0.25, 0.3) is 0 Å². The van der Waals surface area contributed by atoms with Gasteiger partial charge in [0.05, 0.1) is 21.2 Å². The Bertz CT molecular complexity index is 1180. The van der Waals surface area contributed by atoms with Gasteiger partial charge in [0.1, 0.15) is 12.4 Å². The Morgan fingerprint density at radius 1 is 1.31 bits per heavy atom. The Hall–Kier alpha value is -2.63. The number of aromatic nitrogens is 4. The van der Waals surface area contributed by atoms with Crippen molar-refractivity contribution in [3.8, 4) is 0 Å². The molecule has 1 amide bonds. The number of carbonyl (C=O) groups excluding carboxylic acids is 1. The number of amides is 1. The van der Waals surface area contributed by atoms with Gasteiger partial charge in [-0.05, 0) is 69.1 Å². The van der Waals surface area contributed by atoms with Crippen LogP contribution in [0.15, 0.2) is 12.4 Å². The second-order valence-electron chi connectivity index (χ2n) is 10.9. The van der Waals surface area contributed by atoms with E-state index in [4.69, 9.17) is 11.6 Å². The number of halogens is 4. The molecule has 0 radical (unpaired) electrons. The Labute approximate surface area is 210 Å². The highest BCUT2D eigenvalue weighted by atomic mass is 35.5. The molecule has 0 saturated heterocycles. The van der Waals surface area contributed by atoms with Crippen LogP contribution in [-0.4, -0.2) is 36.9 Å². The molecule has 6 rings (SSSR count). The Balaban J connectivity index is 1.19. The summed E-state index contributed by atoms with van der Waals surface area (Å²) in [5, 5.41) is 21.6. The second-order valence-corrected chi connectivity index (χ2v) is 11.3. The lowest BCUT2D eigenvalue weighted by atomic mass is 9.46. The van der Waals surface area contributed by atoms with E-state index in [0.717, 1.165) is 38.5 Å². The molecular weight excluding hydrogens is 501 g/mol. The zero-order valence-electron chi connectivity index (χ0n) is 19.9. The normalized spacial score (nSPS) is 29.0. The van der Waals surface area contributed by atoms with Gasteiger partial charge in [-0.3, -0.25) is 24.3 Å². The topological polar surface area (TPSA) is 108 Å². The van der Waals surface area contributed by atoms with E-state index in [1.807, 2.05) is 0 Å². The first kappa shape index (κ1) is 25.0. The number of nitro groups is 1. The predicted molar refractivity (Wildman–Crippen MR) is 123 cm³/mol. The highest BCUT2D eigenvalue weighted by Crippen LogP contribution is 2.65. The zero-order valence-corrected chi connectivity index (χ0v) is 20.6. The highest BCUT2D eigenvalue weighted by molar-refractivity contribution is 6.31. The minimum Gasteiger partial charge on any atom is -0.356 e. The molecule has 2 aromatic rings. The summed E-state index contributed by atoms with van der Waals surface area (Å²) in [5.41, 5.74) is -1.32. The fourth-order valence-electron chi connectivity index (χ4n) is 7.33. The van der Waals surface area contributed by atoms with Crippen LogP contribution in [0.2, 0.25) is 5.02 Å². The summed E-state index contributed by atoms with van der Waals surface area (Å²) in [4.78, 5) is 23.7. The zero-order chi connectivity index (χ0) is 25.9. The number of hydrogen-bond donors (Lipinski definition) is 1. The largest absolute Gasteiger partial charge is 0.436 e. The lowest BCUT2D eigenvalue weighted by molar-refractivity contribution is -0.385. The third-order valence-corrected chi connectivity index (χ3v) is 8.68. The standard InChI is InChI=1S/C23H28ClF3N6O3/c1-14-19(24)20(23(25,26)27)30-31(14)4-2-3-28-18(34)10-21-6-15-5-16(7-21)9-22(8-15,13-21)32-12-17(11-29-32)33(35)36/h11-12,15-16H,2-10,13H2,1H3,(H,28,34). The van der Waals surface area contributed by atoms with E-state index in [-0.39, 0.29) is 34.8 Å². The molecule has 1 N–H and O–H groups in total. The Morgan fingerprint density at radius 3 is 2.58 bits per heavy atom. The first-order valence-electron chi connectivity index (χ1n) is 12.2. The molecule has 36 heavy (non-hydrogen) atoms. The van der Waals surface area contributed by atoms with Gasteiger partial charge < -0.3 is 5.32 Å². The second kappa shape index (κ2) is 8.74. The number of aryl methyl sites for hydroxylation is 1. The molecule has 13 heteroatoms. The summed E-state index contributed by atoms with van der Waals surface area (Å²) < 4.78 is 42.0. The maximum atomic E-state index is 13.0. The molecule has 2 atom stereocenters. The van der Waals surface area contributed by atoms with E-state index >= 15 is 0 Å². The number of nitrogens with one attached hydrogen (secondary N) is 1. The lowest BCUT2D eigenvalue weighted by Crippen LogP contribution is -2.57. The van der Waals surface area contributed by atoms with Crippen LogP contribution in [0.3, 0.4) is 0 Å². The molecule has 4 fully saturated rings. The fraction of sp³-hybridized carbons (Fsp3) is 0.696. The van der Waals surface area contributed by atoms with Crippen molar-refractivity contribution in [2.75, 3.05) is 6.54 Å². The minimum atomic E-state index is -4.61. The van der Waals surface area contributed by atoms with Crippen LogP contribution < -0.4 is 5.32 Å². The van der Waals surface area contributed by atoms with Crippen molar-refractivity contribution < 1.29 is 22.9 Å². The van der Waals surface area contributed by atoms with E-state index in [1.165, 1.54) is 24.0 Å². The van der Waals surface area contributed by atoms with Gasteiger partial charge in [-0.2, -0.15) is 23.4 Å². The molecule has 0 aliphatic heterocycles. The molecule has 0 spiro atoms. The predicted octanol–water partition coefficient (Wildman–Crippen LogP) is 4.86. The number of carbonyl (C=O) groups is 1. The summed E-state index contributed by atoms with van der Waals surface area (Å²) >= 11 is 5.79. The molecule has 2 unspecified atom stereocenters. The fourth-order valence-corrected chi connectivity index (χ4v) is 7.57. The van der Waals surface area contributed by atoms with Crippen LogP contribution in [0.1, 0.15) is 62.8 Å². The van der Waals surface area contributed by atoms with Crippen molar-refractivity contribution in [1.29, 1.82) is 0 Å². The number of rotatable bonds is 8. The first-order valence-corrected chi connectivity index (χ1v) is 12.5. The van der Waals surface area contributed by atoms with Crippen molar-refractivity contribution in [2.24, 2.45) is 17.3 Å². The average molecular weight is 529 g/mol. The summed E-state index contributed by atoms with van der Waals surface area (Å²) in [6.07, 6.45) is 4.67. The average Bonchev–Trinajstić information content (AvgIpc) is 3.37. The lowest BCUT2D eigenvalue weighted by Gasteiger charge is -2.61. The van der Waals surface area contributed by atoms with Crippen molar-refractivity contribution in [3.63, 3.8) is 0 Å². The molecule has 0 aromatic carbocycles. The monoisotopic (exact) mass is 528 g/mol. The highest BCUT2D eigenvalue weighted by Gasteiger charge is 2.59. The van der Waals surface area contributed by atoms with Gasteiger partial charge in [0.2, 0.25) is 5.91 Å².